The number of aromatic nitrogens is 2. The Bertz CT molecular complexity index is 630. The van der Waals surface area contributed by atoms with Gasteiger partial charge in [-0.25, -0.2) is 9.66 Å². The molecule has 2 aromatic heterocycles. The molecule has 0 aliphatic carbocycles. The number of hydrogen-bond acceptors (Lipinski definition) is 3. The van der Waals surface area contributed by atoms with Crippen molar-refractivity contribution in [2.75, 3.05) is 18.6 Å². The van der Waals surface area contributed by atoms with Crippen LogP contribution in [0, 0.1) is 4.64 Å². The largest absolute Gasteiger partial charge is 0.309 e. The molecule has 3 nitrogen and oxygen atoms in total. The minimum Gasteiger partial charge on any atom is -0.309 e. The number of hydrogen-bond donors (Lipinski definition) is 0. The van der Waals surface area contributed by atoms with E-state index >= 15 is 0 Å². The molecule has 0 amide bonds. The third kappa shape index (κ3) is 2.16. The molecule has 2 heterocycles. The lowest BCUT2D eigenvalue weighted by molar-refractivity contribution is 0.693. The first-order chi connectivity index (χ1) is 8.69. The second kappa shape index (κ2) is 5.31. The van der Waals surface area contributed by atoms with E-state index in [9.17, 15) is 0 Å². The predicted octanol–water partition coefficient (Wildman–Crippen LogP) is 3.08. The SMILES string of the molecule is C=CCN(C)n1c(=S)c(CC)cc2cccnc21. The molecule has 0 saturated heterocycles. The maximum absolute atomic E-state index is 5.56. The average Bonchev–Trinajstić information content (AvgIpc) is 2.38. The van der Waals surface area contributed by atoms with Gasteiger partial charge in [-0.05, 0) is 30.2 Å². The van der Waals surface area contributed by atoms with Gasteiger partial charge in [-0.2, -0.15) is 0 Å². The van der Waals surface area contributed by atoms with Crippen molar-refractivity contribution in [3.8, 4) is 0 Å². The molecule has 0 spiro atoms. The molecule has 0 atom stereocenters. The fraction of sp³-hybridized carbons (Fsp3) is 0.286. The van der Waals surface area contributed by atoms with E-state index in [-0.39, 0.29) is 0 Å². The average molecular weight is 259 g/mol. The van der Waals surface area contributed by atoms with E-state index in [1.165, 1.54) is 5.56 Å². The van der Waals surface area contributed by atoms with Crippen LogP contribution in [0.2, 0.25) is 0 Å². The number of pyridine rings is 2. The molecule has 0 unspecified atom stereocenters. The van der Waals surface area contributed by atoms with Crippen LogP contribution in [0.15, 0.2) is 37.1 Å². The van der Waals surface area contributed by atoms with E-state index in [1.807, 2.05) is 28.9 Å². The molecule has 0 aliphatic heterocycles. The van der Waals surface area contributed by atoms with Gasteiger partial charge in [0, 0.05) is 18.6 Å². The Morgan fingerprint density at radius 1 is 1.56 bits per heavy atom. The Balaban J connectivity index is 2.78. The highest BCUT2D eigenvalue weighted by molar-refractivity contribution is 7.71. The molecule has 2 aromatic rings. The highest BCUT2D eigenvalue weighted by Gasteiger charge is 2.08. The van der Waals surface area contributed by atoms with Crippen LogP contribution < -0.4 is 5.01 Å². The van der Waals surface area contributed by atoms with Crippen LogP contribution in [0.1, 0.15) is 12.5 Å². The molecule has 2 rings (SSSR count). The fourth-order valence-corrected chi connectivity index (χ4v) is 2.45. The summed E-state index contributed by atoms with van der Waals surface area (Å²) in [5, 5.41) is 3.14. The monoisotopic (exact) mass is 259 g/mol. The molecule has 0 saturated carbocycles. The van der Waals surface area contributed by atoms with E-state index in [1.54, 1.807) is 6.20 Å². The van der Waals surface area contributed by atoms with Gasteiger partial charge < -0.3 is 5.01 Å². The van der Waals surface area contributed by atoms with Crippen molar-refractivity contribution >= 4 is 23.3 Å². The van der Waals surface area contributed by atoms with Crippen LogP contribution in [0.5, 0.6) is 0 Å². The van der Waals surface area contributed by atoms with Gasteiger partial charge in [0.15, 0.2) is 5.65 Å². The van der Waals surface area contributed by atoms with Gasteiger partial charge >= 0.3 is 0 Å². The summed E-state index contributed by atoms with van der Waals surface area (Å²) in [4.78, 5) is 4.44. The minimum atomic E-state index is 0.729. The molecule has 0 bridgehead atoms. The van der Waals surface area contributed by atoms with Crippen LogP contribution in [0.4, 0.5) is 0 Å². The quantitative estimate of drug-likeness (QED) is 0.622. The molecular formula is C14H17N3S. The lowest BCUT2D eigenvalue weighted by Gasteiger charge is -2.23. The summed E-state index contributed by atoms with van der Waals surface area (Å²) < 4.78 is 2.82. The molecule has 18 heavy (non-hydrogen) atoms. The smallest absolute Gasteiger partial charge is 0.159 e. The summed E-state index contributed by atoms with van der Waals surface area (Å²) in [6, 6.07) is 6.14. The van der Waals surface area contributed by atoms with Gasteiger partial charge in [-0.15, -0.1) is 6.58 Å². The maximum Gasteiger partial charge on any atom is 0.159 e. The van der Waals surface area contributed by atoms with Crippen molar-refractivity contribution in [1.29, 1.82) is 0 Å². The summed E-state index contributed by atoms with van der Waals surface area (Å²) in [7, 11) is 1.99. The van der Waals surface area contributed by atoms with E-state index in [2.05, 4.69) is 30.6 Å². The van der Waals surface area contributed by atoms with Gasteiger partial charge in [0.2, 0.25) is 0 Å². The molecule has 0 N–H and O–H groups in total. The van der Waals surface area contributed by atoms with Crippen LogP contribution in [0.25, 0.3) is 11.0 Å². The van der Waals surface area contributed by atoms with Gasteiger partial charge in [0.05, 0.1) is 6.54 Å². The maximum atomic E-state index is 5.56. The number of rotatable bonds is 4. The topological polar surface area (TPSA) is 21.1 Å². The summed E-state index contributed by atoms with van der Waals surface area (Å²) in [5.41, 5.74) is 2.06. The van der Waals surface area contributed by atoms with E-state index in [0.29, 0.717) is 0 Å². The lowest BCUT2D eigenvalue weighted by Crippen LogP contribution is -2.32. The van der Waals surface area contributed by atoms with Crippen molar-refractivity contribution in [2.45, 2.75) is 13.3 Å². The summed E-state index contributed by atoms with van der Waals surface area (Å²) >= 11 is 5.56. The van der Waals surface area contributed by atoms with Crippen LogP contribution >= 0.6 is 12.2 Å². The van der Waals surface area contributed by atoms with Gasteiger partial charge in [-0.3, -0.25) is 0 Å². The van der Waals surface area contributed by atoms with Crippen LogP contribution in [0.3, 0.4) is 0 Å². The Morgan fingerprint density at radius 3 is 3.00 bits per heavy atom. The molecule has 0 aromatic carbocycles. The first-order valence-corrected chi connectivity index (χ1v) is 6.41. The number of likely N-dealkylation sites (N-methyl/N-ethyl adjacent to an activating group) is 1. The Hall–Kier alpha value is -1.68. The summed E-state index contributed by atoms with van der Waals surface area (Å²) in [5.74, 6) is 0. The molecule has 0 fully saturated rings. The highest BCUT2D eigenvalue weighted by atomic mass is 32.1. The minimum absolute atomic E-state index is 0.729. The molecule has 4 heteroatoms. The van der Waals surface area contributed by atoms with Gasteiger partial charge in [-0.1, -0.05) is 25.2 Å². The van der Waals surface area contributed by atoms with Crippen molar-refractivity contribution in [2.24, 2.45) is 0 Å². The number of nitrogens with zero attached hydrogens (tertiary/aromatic N) is 3. The van der Waals surface area contributed by atoms with Crippen molar-refractivity contribution in [3.63, 3.8) is 0 Å². The Labute approximate surface area is 112 Å². The number of aryl methyl sites for hydroxylation is 1. The van der Waals surface area contributed by atoms with E-state index in [0.717, 1.165) is 28.6 Å². The van der Waals surface area contributed by atoms with Crippen LogP contribution in [-0.4, -0.2) is 23.3 Å². The first-order valence-electron chi connectivity index (χ1n) is 6.01. The zero-order chi connectivity index (χ0) is 13.1. The van der Waals surface area contributed by atoms with Crippen molar-refractivity contribution in [3.05, 3.63) is 47.3 Å². The predicted molar refractivity (Wildman–Crippen MR) is 79.2 cm³/mol. The van der Waals surface area contributed by atoms with Gasteiger partial charge in [0.1, 0.15) is 4.64 Å². The first kappa shape index (κ1) is 12.8. The zero-order valence-electron chi connectivity index (χ0n) is 10.8. The van der Waals surface area contributed by atoms with E-state index in [4.69, 9.17) is 12.2 Å². The second-order valence-corrected chi connectivity index (χ2v) is 4.57. The third-order valence-corrected chi connectivity index (χ3v) is 3.37. The standard InChI is InChI=1S/C14H17N3S/c1-4-9-16(3)17-13-12(7-6-8-15-13)10-11(5-2)14(17)18/h4,6-8,10H,1,5,9H2,2-3H3. The molecule has 94 valence electrons. The van der Waals surface area contributed by atoms with Crippen molar-refractivity contribution < 1.29 is 0 Å². The Morgan fingerprint density at radius 2 is 2.33 bits per heavy atom. The zero-order valence-corrected chi connectivity index (χ0v) is 11.6. The number of fused-ring (bicyclic) bond motifs is 1. The van der Waals surface area contributed by atoms with Crippen molar-refractivity contribution in [1.82, 2.24) is 9.66 Å². The highest BCUT2D eigenvalue weighted by Crippen LogP contribution is 2.16. The molecule has 0 aliphatic rings. The third-order valence-electron chi connectivity index (χ3n) is 2.93. The second-order valence-electron chi connectivity index (χ2n) is 4.19. The summed E-state index contributed by atoms with van der Waals surface area (Å²) in [6.07, 6.45) is 4.57. The van der Waals surface area contributed by atoms with Crippen LogP contribution in [-0.2, 0) is 6.42 Å². The molecule has 0 radical (unpaired) electrons. The van der Waals surface area contributed by atoms with E-state index < -0.39 is 0 Å². The van der Waals surface area contributed by atoms with Gasteiger partial charge in [0.25, 0.3) is 0 Å². The molecular weight excluding hydrogens is 242 g/mol. The summed E-state index contributed by atoms with van der Waals surface area (Å²) in [6.45, 7) is 6.61. The fourth-order valence-electron chi connectivity index (χ4n) is 2.02. The normalized spacial score (nSPS) is 10.6. The Kier molecular flexibility index (Phi) is 3.77. The lowest BCUT2D eigenvalue weighted by atomic mass is 10.2.